The molecule has 1 saturated carbocycles. The SMILES string of the molecule is C=CC1(C)CCC/C(=C/N(C)c2ccccc2)C1=O. The van der Waals surface area contributed by atoms with Gasteiger partial charge in [0, 0.05) is 29.9 Å². The molecule has 1 aromatic carbocycles. The highest BCUT2D eigenvalue weighted by Crippen LogP contribution is 2.36. The minimum atomic E-state index is -0.387. The lowest BCUT2D eigenvalue weighted by Gasteiger charge is -2.31. The molecule has 19 heavy (non-hydrogen) atoms. The van der Waals surface area contributed by atoms with Crippen LogP contribution in [0.25, 0.3) is 0 Å². The maximum atomic E-state index is 12.5. The van der Waals surface area contributed by atoms with Crippen LogP contribution in [0.1, 0.15) is 26.2 Å². The number of allylic oxidation sites excluding steroid dienone is 2. The van der Waals surface area contributed by atoms with Crippen molar-refractivity contribution in [2.75, 3.05) is 11.9 Å². The first-order valence-electron chi connectivity index (χ1n) is 6.74. The van der Waals surface area contributed by atoms with Crippen molar-refractivity contribution < 1.29 is 4.79 Å². The van der Waals surface area contributed by atoms with Crippen LogP contribution in [0, 0.1) is 5.41 Å². The molecule has 1 fully saturated rings. The third-order valence-electron chi connectivity index (χ3n) is 3.92. The Hall–Kier alpha value is -1.83. The third-order valence-corrected chi connectivity index (χ3v) is 3.92. The molecule has 0 heterocycles. The molecule has 1 aliphatic carbocycles. The van der Waals surface area contributed by atoms with Crippen molar-refractivity contribution >= 4 is 11.5 Å². The van der Waals surface area contributed by atoms with Crippen molar-refractivity contribution in [3.05, 3.63) is 54.8 Å². The van der Waals surface area contributed by atoms with Crippen LogP contribution in [0.15, 0.2) is 54.8 Å². The van der Waals surface area contributed by atoms with E-state index in [2.05, 4.69) is 6.58 Å². The summed E-state index contributed by atoms with van der Waals surface area (Å²) < 4.78 is 0. The molecule has 0 N–H and O–H groups in total. The van der Waals surface area contributed by atoms with Crippen molar-refractivity contribution in [2.24, 2.45) is 5.41 Å². The summed E-state index contributed by atoms with van der Waals surface area (Å²) in [7, 11) is 1.98. The van der Waals surface area contributed by atoms with Gasteiger partial charge in [-0.05, 0) is 38.3 Å². The molecule has 1 unspecified atom stereocenters. The predicted octanol–water partition coefficient (Wildman–Crippen LogP) is 3.95. The second-order valence-electron chi connectivity index (χ2n) is 5.41. The number of benzene rings is 1. The molecule has 0 spiro atoms. The lowest BCUT2D eigenvalue weighted by molar-refractivity contribution is -0.123. The molecule has 2 heteroatoms. The summed E-state index contributed by atoms with van der Waals surface area (Å²) in [5.74, 6) is 0.219. The highest BCUT2D eigenvalue weighted by Gasteiger charge is 2.35. The van der Waals surface area contributed by atoms with Crippen LogP contribution in [-0.2, 0) is 4.79 Å². The van der Waals surface area contributed by atoms with Crippen LogP contribution in [0.3, 0.4) is 0 Å². The van der Waals surface area contributed by atoms with E-state index in [-0.39, 0.29) is 11.2 Å². The van der Waals surface area contributed by atoms with E-state index in [1.807, 2.05) is 55.4 Å². The summed E-state index contributed by atoms with van der Waals surface area (Å²) >= 11 is 0. The zero-order valence-corrected chi connectivity index (χ0v) is 11.7. The number of carbonyl (C=O) groups excluding carboxylic acids is 1. The van der Waals surface area contributed by atoms with E-state index in [1.54, 1.807) is 6.08 Å². The van der Waals surface area contributed by atoms with Gasteiger partial charge in [-0.25, -0.2) is 0 Å². The molecule has 2 rings (SSSR count). The largest absolute Gasteiger partial charge is 0.351 e. The molecular formula is C17H21NO. The van der Waals surface area contributed by atoms with Gasteiger partial charge in [0.2, 0.25) is 0 Å². The smallest absolute Gasteiger partial charge is 0.169 e. The number of hydrogen-bond acceptors (Lipinski definition) is 2. The molecule has 1 aromatic rings. The fraction of sp³-hybridized carbons (Fsp3) is 0.353. The van der Waals surface area contributed by atoms with Gasteiger partial charge in [0.1, 0.15) is 0 Å². The Morgan fingerprint density at radius 1 is 1.32 bits per heavy atom. The van der Waals surface area contributed by atoms with E-state index in [1.165, 1.54) is 0 Å². The maximum absolute atomic E-state index is 12.5. The normalized spacial score (nSPS) is 25.4. The molecule has 0 aliphatic heterocycles. The molecule has 0 radical (unpaired) electrons. The van der Waals surface area contributed by atoms with E-state index >= 15 is 0 Å². The lowest BCUT2D eigenvalue weighted by atomic mass is 9.72. The fourth-order valence-electron chi connectivity index (χ4n) is 2.53. The second kappa shape index (κ2) is 5.43. The average molecular weight is 255 g/mol. The number of anilines is 1. The minimum Gasteiger partial charge on any atom is -0.351 e. The van der Waals surface area contributed by atoms with Crippen molar-refractivity contribution in [2.45, 2.75) is 26.2 Å². The summed E-state index contributed by atoms with van der Waals surface area (Å²) in [6, 6.07) is 10.1. The van der Waals surface area contributed by atoms with Crippen LogP contribution in [0.5, 0.6) is 0 Å². The number of para-hydroxylation sites is 1. The van der Waals surface area contributed by atoms with Gasteiger partial charge >= 0.3 is 0 Å². The maximum Gasteiger partial charge on any atom is 0.169 e. The van der Waals surface area contributed by atoms with E-state index in [4.69, 9.17) is 0 Å². The molecule has 1 aliphatic rings. The molecule has 0 saturated heterocycles. The molecule has 2 nitrogen and oxygen atoms in total. The molecule has 1 atom stereocenters. The molecular weight excluding hydrogens is 234 g/mol. The van der Waals surface area contributed by atoms with Gasteiger partial charge in [-0.2, -0.15) is 0 Å². The fourth-order valence-corrected chi connectivity index (χ4v) is 2.53. The van der Waals surface area contributed by atoms with Gasteiger partial charge in [-0.1, -0.05) is 24.3 Å². The van der Waals surface area contributed by atoms with Crippen LogP contribution in [-0.4, -0.2) is 12.8 Å². The van der Waals surface area contributed by atoms with Crippen LogP contribution in [0.4, 0.5) is 5.69 Å². The van der Waals surface area contributed by atoms with Gasteiger partial charge in [0.15, 0.2) is 5.78 Å². The Kier molecular flexibility index (Phi) is 3.89. The van der Waals surface area contributed by atoms with Crippen LogP contribution >= 0.6 is 0 Å². The Morgan fingerprint density at radius 2 is 2.00 bits per heavy atom. The first-order valence-corrected chi connectivity index (χ1v) is 6.74. The standard InChI is InChI=1S/C17H21NO/c1-4-17(2)12-8-9-14(16(17)19)13-18(3)15-10-6-5-7-11-15/h4-7,10-11,13H,1,8-9,12H2,2-3H3/b14-13-. The Balaban J connectivity index is 2.23. The van der Waals surface area contributed by atoms with Crippen LogP contribution in [0.2, 0.25) is 0 Å². The summed E-state index contributed by atoms with van der Waals surface area (Å²) in [4.78, 5) is 14.5. The summed E-state index contributed by atoms with van der Waals surface area (Å²) in [5, 5.41) is 0. The summed E-state index contributed by atoms with van der Waals surface area (Å²) in [6.07, 6.45) is 6.58. The summed E-state index contributed by atoms with van der Waals surface area (Å²) in [6.45, 7) is 5.80. The van der Waals surface area contributed by atoms with Crippen molar-refractivity contribution in [3.8, 4) is 0 Å². The van der Waals surface area contributed by atoms with Gasteiger partial charge < -0.3 is 4.90 Å². The third kappa shape index (κ3) is 2.78. The predicted molar refractivity (Wildman–Crippen MR) is 80.1 cm³/mol. The average Bonchev–Trinajstić information content (AvgIpc) is 2.45. The number of carbonyl (C=O) groups is 1. The molecule has 0 amide bonds. The topological polar surface area (TPSA) is 20.3 Å². The van der Waals surface area contributed by atoms with E-state index in [9.17, 15) is 4.79 Å². The zero-order valence-electron chi connectivity index (χ0n) is 11.7. The lowest BCUT2D eigenvalue weighted by Crippen LogP contribution is -2.31. The Bertz CT molecular complexity index is 503. The van der Waals surface area contributed by atoms with E-state index < -0.39 is 0 Å². The van der Waals surface area contributed by atoms with Crippen molar-refractivity contribution in [1.29, 1.82) is 0 Å². The summed E-state index contributed by atoms with van der Waals surface area (Å²) in [5.41, 5.74) is 1.61. The van der Waals surface area contributed by atoms with E-state index in [0.717, 1.165) is 30.5 Å². The van der Waals surface area contributed by atoms with Gasteiger partial charge in [0.05, 0.1) is 0 Å². The van der Waals surface area contributed by atoms with Crippen molar-refractivity contribution in [1.82, 2.24) is 0 Å². The minimum absolute atomic E-state index is 0.219. The quantitative estimate of drug-likeness (QED) is 0.602. The monoisotopic (exact) mass is 255 g/mol. The number of rotatable bonds is 3. The van der Waals surface area contributed by atoms with Gasteiger partial charge in [0.25, 0.3) is 0 Å². The first kappa shape index (κ1) is 13.6. The Labute approximate surface area is 115 Å². The first-order chi connectivity index (χ1) is 9.07. The highest BCUT2D eigenvalue weighted by atomic mass is 16.1. The van der Waals surface area contributed by atoms with E-state index in [0.29, 0.717) is 0 Å². The number of ketones is 1. The Morgan fingerprint density at radius 3 is 2.63 bits per heavy atom. The number of nitrogens with zero attached hydrogens (tertiary/aromatic N) is 1. The number of hydrogen-bond donors (Lipinski definition) is 0. The van der Waals surface area contributed by atoms with Crippen LogP contribution < -0.4 is 4.90 Å². The zero-order chi connectivity index (χ0) is 13.9. The molecule has 0 bridgehead atoms. The second-order valence-corrected chi connectivity index (χ2v) is 5.41. The van der Waals surface area contributed by atoms with Gasteiger partial charge in [-0.15, -0.1) is 6.58 Å². The van der Waals surface area contributed by atoms with Gasteiger partial charge in [-0.3, -0.25) is 4.79 Å². The molecule has 0 aromatic heterocycles. The van der Waals surface area contributed by atoms with Crippen molar-refractivity contribution in [3.63, 3.8) is 0 Å². The highest BCUT2D eigenvalue weighted by molar-refractivity contribution is 6.01. The number of Topliss-reactive ketones (excluding diaryl/α,β-unsaturated/α-hetero) is 1. The molecule has 100 valence electrons.